The summed E-state index contributed by atoms with van der Waals surface area (Å²) in [4.78, 5) is 26.9. The molecule has 214 valence electrons. The van der Waals surface area contributed by atoms with Crippen molar-refractivity contribution in [2.24, 2.45) is 0 Å². The molecule has 0 atom stereocenters. The van der Waals surface area contributed by atoms with Crippen LogP contribution in [0.25, 0.3) is 11.3 Å². The second kappa shape index (κ2) is 12.5. The summed E-state index contributed by atoms with van der Waals surface area (Å²) in [5, 5.41) is 2.75. The van der Waals surface area contributed by atoms with Crippen molar-refractivity contribution in [3.05, 3.63) is 59.7 Å². The van der Waals surface area contributed by atoms with Gasteiger partial charge in [-0.05, 0) is 69.0 Å². The average molecular weight is 594 g/mol. The van der Waals surface area contributed by atoms with Crippen molar-refractivity contribution in [2.75, 3.05) is 43.8 Å². The molecule has 0 saturated carbocycles. The van der Waals surface area contributed by atoms with Crippen molar-refractivity contribution in [1.29, 1.82) is 0 Å². The maximum Gasteiger partial charge on any atom is 0.278 e. The third kappa shape index (κ3) is 6.22. The fourth-order valence-electron chi connectivity index (χ4n) is 4.91. The standard InChI is InChI=1S/C26H29F2N7O3S.ClH/c27-19-14-23(39(37,38)35-10-3-4-11-35)20(28)13-18(19)22-16-31-25(29)24(32-22)26(36)33-21-15-30-7-5-17(21)6-12-34-8-1-2-9-34;/h5,7,13-16H,1-4,6,8-12H2,(H2,29,31)(H,33,36);1H. The molecule has 0 aliphatic carbocycles. The highest BCUT2D eigenvalue weighted by Crippen LogP contribution is 2.30. The first-order chi connectivity index (χ1) is 18.7. The maximum absolute atomic E-state index is 15.1. The van der Waals surface area contributed by atoms with Gasteiger partial charge < -0.3 is 16.0 Å². The summed E-state index contributed by atoms with van der Waals surface area (Å²) >= 11 is 0. The van der Waals surface area contributed by atoms with Crippen LogP contribution in [0.3, 0.4) is 0 Å². The lowest BCUT2D eigenvalue weighted by Gasteiger charge is -2.17. The molecule has 2 aromatic heterocycles. The lowest BCUT2D eigenvalue weighted by atomic mass is 10.1. The van der Waals surface area contributed by atoms with Crippen molar-refractivity contribution in [3.8, 4) is 11.3 Å². The Kier molecular flexibility index (Phi) is 9.29. The van der Waals surface area contributed by atoms with Gasteiger partial charge in [-0.1, -0.05) is 0 Å². The number of carbonyl (C=O) groups excluding carboxylic acids is 1. The van der Waals surface area contributed by atoms with Gasteiger partial charge in [0.15, 0.2) is 11.5 Å². The quantitative estimate of drug-likeness (QED) is 0.405. The third-order valence-electron chi connectivity index (χ3n) is 7.05. The molecule has 3 N–H and O–H groups in total. The van der Waals surface area contributed by atoms with Crippen LogP contribution in [0.5, 0.6) is 0 Å². The van der Waals surface area contributed by atoms with Gasteiger partial charge in [-0.2, -0.15) is 4.31 Å². The molecule has 3 aromatic rings. The fourth-order valence-corrected chi connectivity index (χ4v) is 6.48. The van der Waals surface area contributed by atoms with Gasteiger partial charge in [0.1, 0.15) is 16.5 Å². The number of pyridine rings is 1. The molecule has 14 heteroatoms. The van der Waals surface area contributed by atoms with E-state index < -0.39 is 32.5 Å². The van der Waals surface area contributed by atoms with Crippen LogP contribution in [-0.2, 0) is 16.4 Å². The molecular weight excluding hydrogens is 564 g/mol. The number of nitrogens with one attached hydrogen (secondary N) is 1. The number of hydrogen-bond donors (Lipinski definition) is 2. The lowest BCUT2D eigenvalue weighted by molar-refractivity contribution is 0.102. The van der Waals surface area contributed by atoms with Crippen molar-refractivity contribution in [2.45, 2.75) is 37.0 Å². The Morgan fingerprint density at radius 2 is 1.73 bits per heavy atom. The maximum atomic E-state index is 15.1. The molecule has 4 heterocycles. The normalized spacial score (nSPS) is 16.1. The van der Waals surface area contributed by atoms with Crippen LogP contribution in [0, 0.1) is 11.6 Å². The van der Waals surface area contributed by atoms with Gasteiger partial charge in [-0.15, -0.1) is 12.4 Å². The number of sulfonamides is 1. The van der Waals surface area contributed by atoms with E-state index in [1.54, 1.807) is 6.20 Å². The molecule has 2 aliphatic heterocycles. The Hall–Kier alpha value is -3.26. The first kappa shape index (κ1) is 29.7. The summed E-state index contributed by atoms with van der Waals surface area (Å²) in [5.41, 5.74) is 6.49. The molecule has 2 aliphatic rings. The van der Waals surface area contributed by atoms with E-state index in [9.17, 15) is 17.6 Å². The largest absolute Gasteiger partial charge is 0.382 e. The van der Waals surface area contributed by atoms with Crippen LogP contribution < -0.4 is 11.1 Å². The van der Waals surface area contributed by atoms with E-state index in [0.29, 0.717) is 31.0 Å². The van der Waals surface area contributed by atoms with Crippen molar-refractivity contribution in [1.82, 2.24) is 24.2 Å². The van der Waals surface area contributed by atoms with Gasteiger partial charge >= 0.3 is 0 Å². The van der Waals surface area contributed by atoms with Crippen LogP contribution in [0.1, 0.15) is 41.7 Å². The predicted molar refractivity (Wildman–Crippen MR) is 149 cm³/mol. The SMILES string of the molecule is Cl.Nc1ncc(-c2cc(F)c(S(=O)(=O)N3CCCC3)cc2F)nc1C(=O)Nc1cnccc1CCN1CCCC1. The number of nitrogen functional groups attached to an aromatic ring is 1. The molecule has 1 aromatic carbocycles. The molecule has 10 nitrogen and oxygen atoms in total. The van der Waals surface area contributed by atoms with Crippen LogP contribution in [0.2, 0.25) is 0 Å². The summed E-state index contributed by atoms with van der Waals surface area (Å²) in [7, 11) is -4.18. The molecule has 2 fully saturated rings. The Balaban J connectivity index is 0.00000370. The number of nitrogens with zero attached hydrogens (tertiary/aromatic N) is 5. The Bertz CT molecular complexity index is 1500. The van der Waals surface area contributed by atoms with Crippen LogP contribution >= 0.6 is 12.4 Å². The zero-order valence-corrected chi connectivity index (χ0v) is 23.3. The smallest absolute Gasteiger partial charge is 0.278 e. The number of hydrogen-bond acceptors (Lipinski definition) is 8. The number of benzene rings is 1. The highest BCUT2D eigenvalue weighted by Gasteiger charge is 2.31. The van der Waals surface area contributed by atoms with E-state index in [1.165, 1.54) is 19.0 Å². The van der Waals surface area contributed by atoms with E-state index in [2.05, 4.69) is 25.2 Å². The highest BCUT2D eigenvalue weighted by atomic mass is 35.5. The van der Waals surface area contributed by atoms with E-state index in [4.69, 9.17) is 5.73 Å². The molecule has 0 spiro atoms. The molecule has 1 amide bonds. The number of aromatic nitrogens is 3. The summed E-state index contributed by atoms with van der Waals surface area (Å²) in [6, 6.07) is 3.21. The molecular formula is C26H30ClF2N7O3S. The third-order valence-corrected chi connectivity index (χ3v) is 8.97. The number of carbonyl (C=O) groups is 1. The Morgan fingerprint density at radius 3 is 2.45 bits per heavy atom. The van der Waals surface area contributed by atoms with Crippen molar-refractivity contribution < 1.29 is 22.0 Å². The average Bonchev–Trinajstić information content (AvgIpc) is 3.65. The highest BCUT2D eigenvalue weighted by molar-refractivity contribution is 7.89. The fraction of sp³-hybridized carbons (Fsp3) is 0.385. The van der Waals surface area contributed by atoms with E-state index in [1.807, 2.05) is 6.07 Å². The molecule has 5 rings (SSSR count). The number of halogens is 3. The van der Waals surface area contributed by atoms with Gasteiger partial charge in [-0.3, -0.25) is 9.78 Å². The van der Waals surface area contributed by atoms with Gasteiger partial charge in [-0.25, -0.2) is 27.2 Å². The Labute approximate surface area is 237 Å². The second-order valence-electron chi connectivity index (χ2n) is 9.65. The van der Waals surface area contributed by atoms with E-state index in [0.717, 1.165) is 41.8 Å². The first-order valence-corrected chi connectivity index (χ1v) is 14.3. The summed E-state index contributed by atoms with van der Waals surface area (Å²) < 4.78 is 56.8. The second-order valence-corrected chi connectivity index (χ2v) is 11.6. The monoisotopic (exact) mass is 593 g/mol. The van der Waals surface area contributed by atoms with Gasteiger partial charge in [0.25, 0.3) is 5.91 Å². The minimum atomic E-state index is -4.18. The summed E-state index contributed by atoms with van der Waals surface area (Å²) in [5.74, 6) is -3.03. The van der Waals surface area contributed by atoms with E-state index in [-0.39, 0.29) is 48.3 Å². The topological polar surface area (TPSA) is 134 Å². The first-order valence-electron chi connectivity index (χ1n) is 12.8. The number of rotatable bonds is 8. The van der Waals surface area contributed by atoms with E-state index >= 15 is 4.39 Å². The van der Waals surface area contributed by atoms with Crippen LogP contribution in [-0.4, -0.2) is 71.2 Å². The minimum absolute atomic E-state index is 0. The van der Waals surface area contributed by atoms with Crippen molar-refractivity contribution >= 4 is 39.8 Å². The zero-order chi connectivity index (χ0) is 27.6. The molecule has 40 heavy (non-hydrogen) atoms. The zero-order valence-electron chi connectivity index (χ0n) is 21.6. The number of amides is 1. The minimum Gasteiger partial charge on any atom is -0.382 e. The summed E-state index contributed by atoms with van der Waals surface area (Å²) in [6.45, 7) is 3.45. The number of nitrogens with two attached hydrogens (primary N) is 1. The van der Waals surface area contributed by atoms with Crippen molar-refractivity contribution in [3.63, 3.8) is 0 Å². The molecule has 0 bridgehead atoms. The number of anilines is 2. The van der Waals surface area contributed by atoms with Gasteiger partial charge in [0.05, 0.1) is 23.8 Å². The lowest BCUT2D eigenvalue weighted by Crippen LogP contribution is -2.28. The van der Waals surface area contributed by atoms with Crippen LogP contribution in [0.15, 0.2) is 41.7 Å². The summed E-state index contributed by atoms with van der Waals surface area (Å²) in [6.07, 6.45) is 8.65. The molecule has 2 saturated heterocycles. The molecule has 0 radical (unpaired) electrons. The predicted octanol–water partition coefficient (Wildman–Crippen LogP) is 3.50. The molecule has 0 unspecified atom stereocenters. The van der Waals surface area contributed by atoms with Gasteiger partial charge in [0, 0.05) is 31.4 Å². The van der Waals surface area contributed by atoms with Crippen LogP contribution in [0.4, 0.5) is 20.3 Å². The van der Waals surface area contributed by atoms with Gasteiger partial charge in [0.2, 0.25) is 10.0 Å². The Morgan fingerprint density at radius 1 is 1.02 bits per heavy atom. The number of likely N-dealkylation sites (tertiary alicyclic amines) is 1.